The van der Waals surface area contributed by atoms with Gasteiger partial charge in [0, 0.05) is 14.1 Å². The summed E-state index contributed by atoms with van der Waals surface area (Å²) in [6.45, 7) is 1.26. The van der Waals surface area contributed by atoms with Gasteiger partial charge in [0.2, 0.25) is 0 Å². The van der Waals surface area contributed by atoms with Crippen LogP contribution in [0, 0.1) is 0 Å². The van der Waals surface area contributed by atoms with Gasteiger partial charge in [-0.25, -0.2) is 9.69 Å². The summed E-state index contributed by atoms with van der Waals surface area (Å²) in [4.78, 5) is 34.3. The van der Waals surface area contributed by atoms with Crippen LogP contribution in [0.4, 0.5) is 4.79 Å². The predicted octanol–water partition coefficient (Wildman–Crippen LogP) is -0.900. The molecule has 1 fully saturated rings. The third-order valence-corrected chi connectivity index (χ3v) is 1.94. The summed E-state index contributed by atoms with van der Waals surface area (Å²) in [6, 6.07) is 0. The molecule has 0 spiro atoms. The maximum absolute atomic E-state index is 11.4. The first-order chi connectivity index (χ1) is 5.93. The molecule has 0 aliphatic carbocycles. The van der Waals surface area contributed by atoms with Gasteiger partial charge >= 0.3 is 6.09 Å². The second-order valence-corrected chi connectivity index (χ2v) is 2.84. The molecule has 72 valence electrons. The van der Waals surface area contributed by atoms with E-state index in [2.05, 4.69) is 10.1 Å². The lowest BCUT2D eigenvalue weighted by Gasteiger charge is -2.16. The molecule has 1 aliphatic rings. The second kappa shape index (κ2) is 2.72. The Balaban J connectivity index is 3.01. The Hall–Kier alpha value is -1.59. The van der Waals surface area contributed by atoms with E-state index in [9.17, 15) is 14.4 Å². The molecule has 3 amide bonds. The number of hydrogen-bond donors (Lipinski definition) is 1. The zero-order chi connectivity index (χ0) is 10.2. The van der Waals surface area contributed by atoms with Crippen molar-refractivity contribution in [1.29, 1.82) is 0 Å². The molecule has 0 aromatic rings. The van der Waals surface area contributed by atoms with E-state index in [0.717, 1.165) is 4.90 Å². The largest absolute Gasteiger partial charge is 0.422 e. The molecule has 6 heteroatoms. The molecule has 1 saturated heterocycles. The summed E-state index contributed by atoms with van der Waals surface area (Å²) in [5.74, 6) is -1.29. The lowest BCUT2D eigenvalue weighted by atomic mass is 10.1. The van der Waals surface area contributed by atoms with Crippen LogP contribution in [0.3, 0.4) is 0 Å². The first-order valence-corrected chi connectivity index (χ1v) is 3.67. The van der Waals surface area contributed by atoms with Crippen LogP contribution in [0.15, 0.2) is 0 Å². The van der Waals surface area contributed by atoms with Crippen molar-refractivity contribution < 1.29 is 19.1 Å². The van der Waals surface area contributed by atoms with Gasteiger partial charge in [-0.3, -0.25) is 9.59 Å². The van der Waals surface area contributed by atoms with E-state index in [1.54, 1.807) is 0 Å². The molecular weight excluding hydrogens is 176 g/mol. The van der Waals surface area contributed by atoms with E-state index >= 15 is 0 Å². The van der Waals surface area contributed by atoms with Crippen LogP contribution in [-0.2, 0) is 14.3 Å². The first-order valence-electron chi connectivity index (χ1n) is 3.67. The smallest absolute Gasteiger partial charge is 0.417 e. The first kappa shape index (κ1) is 9.50. The van der Waals surface area contributed by atoms with E-state index in [4.69, 9.17) is 0 Å². The van der Waals surface area contributed by atoms with Gasteiger partial charge in [-0.05, 0) is 6.92 Å². The van der Waals surface area contributed by atoms with Gasteiger partial charge in [0.05, 0.1) is 0 Å². The SMILES string of the molecule is CNC(=O)C1(C)OC(=O)N(C)C1=O. The van der Waals surface area contributed by atoms with Gasteiger partial charge in [-0.15, -0.1) is 0 Å². The Bertz CT molecular complexity index is 288. The molecule has 0 aromatic carbocycles. The zero-order valence-electron chi connectivity index (χ0n) is 7.58. The van der Waals surface area contributed by atoms with Crippen LogP contribution in [0.1, 0.15) is 6.92 Å². The lowest BCUT2D eigenvalue weighted by Crippen LogP contribution is -2.49. The van der Waals surface area contributed by atoms with E-state index in [1.807, 2.05) is 0 Å². The number of amides is 3. The molecule has 1 unspecified atom stereocenters. The van der Waals surface area contributed by atoms with Crippen molar-refractivity contribution in [2.24, 2.45) is 0 Å². The van der Waals surface area contributed by atoms with Crippen molar-refractivity contribution in [3.05, 3.63) is 0 Å². The van der Waals surface area contributed by atoms with Gasteiger partial charge in [0.15, 0.2) is 0 Å². The third-order valence-electron chi connectivity index (χ3n) is 1.94. The second-order valence-electron chi connectivity index (χ2n) is 2.84. The number of hydrogen-bond acceptors (Lipinski definition) is 4. The highest BCUT2D eigenvalue weighted by Crippen LogP contribution is 2.22. The van der Waals surface area contributed by atoms with Gasteiger partial charge in [0.25, 0.3) is 17.4 Å². The number of cyclic esters (lactones) is 1. The van der Waals surface area contributed by atoms with Crippen LogP contribution >= 0.6 is 0 Å². The molecule has 1 N–H and O–H groups in total. The van der Waals surface area contributed by atoms with Gasteiger partial charge in [0.1, 0.15) is 0 Å². The van der Waals surface area contributed by atoms with E-state index in [1.165, 1.54) is 21.0 Å². The molecule has 1 atom stereocenters. The molecule has 1 heterocycles. The Kier molecular flexibility index (Phi) is 1.99. The minimum atomic E-state index is -1.71. The monoisotopic (exact) mass is 186 g/mol. The van der Waals surface area contributed by atoms with E-state index in [0.29, 0.717) is 0 Å². The highest BCUT2D eigenvalue weighted by molar-refractivity contribution is 6.16. The van der Waals surface area contributed by atoms with Crippen LogP contribution in [0.2, 0.25) is 0 Å². The Labute approximate surface area is 74.8 Å². The van der Waals surface area contributed by atoms with E-state index < -0.39 is 23.5 Å². The van der Waals surface area contributed by atoms with Crippen molar-refractivity contribution in [2.45, 2.75) is 12.5 Å². The van der Waals surface area contributed by atoms with E-state index in [-0.39, 0.29) is 0 Å². The average Bonchev–Trinajstić information content (AvgIpc) is 2.30. The molecule has 6 nitrogen and oxygen atoms in total. The van der Waals surface area contributed by atoms with Crippen LogP contribution < -0.4 is 5.32 Å². The fourth-order valence-electron chi connectivity index (χ4n) is 1.07. The Morgan fingerprint density at radius 2 is 2.08 bits per heavy atom. The lowest BCUT2D eigenvalue weighted by molar-refractivity contribution is -0.147. The molecule has 0 aromatic heterocycles. The number of carbonyl (C=O) groups excluding carboxylic acids is 3. The van der Waals surface area contributed by atoms with Crippen molar-refractivity contribution >= 4 is 17.9 Å². The van der Waals surface area contributed by atoms with Crippen molar-refractivity contribution in [1.82, 2.24) is 10.2 Å². The summed E-state index contributed by atoms with van der Waals surface area (Å²) in [5, 5.41) is 2.26. The summed E-state index contributed by atoms with van der Waals surface area (Å²) >= 11 is 0. The average molecular weight is 186 g/mol. The molecule has 0 saturated carbocycles. The summed E-state index contributed by atoms with van der Waals surface area (Å²) in [5.41, 5.74) is -1.71. The normalized spacial score (nSPS) is 27.5. The summed E-state index contributed by atoms with van der Waals surface area (Å²) in [7, 11) is 2.63. The zero-order valence-corrected chi connectivity index (χ0v) is 7.58. The Morgan fingerprint density at radius 3 is 2.38 bits per heavy atom. The minimum Gasteiger partial charge on any atom is -0.422 e. The topological polar surface area (TPSA) is 75.7 Å². The number of nitrogens with one attached hydrogen (secondary N) is 1. The highest BCUT2D eigenvalue weighted by Gasteiger charge is 2.54. The maximum atomic E-state index is 11.4. The Morgan fingerprint density at radius 1 is 1.54 bits per heavy atom. The van der Waals surface area contributed by atoms with Gasteiger partial charge in [-0.1, -0.05) is 0 Å². The number of likely N-dealkylation sites (N-methyl/N-ethyl adjacent to an activating group) is 2. The molecule has 0 radical (unpaired) electrons. The quantitative estimate of drug-likeness (QED) is 0.538. The minimum absolute atomic E-state index is 0.629. The van der Waals surface area contributed by atoms with Crippen LogP contribution in [0.5, 0.6) is 0 Å². The van der Waals surface area contributed by atoms with Crippen LogP contribution in [0.25, 0.3) is 0 Å². The van der Waals surface area contributed by atoms with Crippen molar-refractivity contribution in [3.8, 4) is 0 Å². The number of rotatable bonds is 1. The summed E-state index contributed by atoms with van der Waals surface area (Å²) in [6.07, 6.45) is -0.809. The standard InChI is InChI=1S/C7H10N2O4/c1-7(4(10)8-2)5(11)9(3)6(12)13-7/h1-3H3,(H,8,10). The van der Waals surface area contributed by atoms with Crippen LogP contribution in [-0.4, -0.2) is 42.5 Å². The summed E-state index contributed by atoms with van der Waals surface area (Å²) < 4.78 is 4.65. The predicted molar refractivity (Wildman–Crippen MR) is 41.7 cm³/mol. The molecular formula is C7H10N2O4. The number of ether oxygens (including phenoxy) is 1. The molecule has 1 aliphatic heterocycles. The number of nitrogens with zero attached hydrogens (tertiary/aromatic N) is 1. The van der Waals surface area contributed by atoms with Crippen molar-refractivity contribution in [2.75, 3.05) is 14.1 Å². The number of imide groups is 1. The third kappa shape index (κ3) is 1.14. The fraction of sp³-hybridized carbons (Fsp3) is 0.571. The van der Waals surface area contributed by atoms with Crippen molar-refractivity contribution in [3.63, 3.8) is 0 Å². The maximum Gasteiger partial charge on any atom is 0.417 e. The molecule has 1 rings (SSSR count). The number of carbonyl (C=O) groups is 3. The molecule has 13 heavy (non-hydrogen) atoms. The molecule has 0 bridgehead atoms. The van der Waals surface area contributed by atoms with Gasteiger partial charge in [-0.2, -0.15) is 0 Å². The highest BCUT2D eigenvalue weighted by atomic mass is 16.6. The van der Waals surface area contributed by atoms with Gasteiger partial charge < -0.3 is 10.1 Å². The fourth-order valence-corrected chi connectivity index (χ4v) is 1.07.